The third kappa shape index (κ3) is 3.56. The summed E-state index contributed by atoms with van der Waals surface area (Å²) in [6.07, 6.45) is -0.295. The SMILES string of the molecule is N[C@@H](c1cc(Br)ccc1O)[C@H](O)Cc1ccccc1. The molecule has 3 nitrogen and oxygen atoms in total. The number of hydrogen-bond donors (Lipinski definition) is 3. The summed E-state index contributed by atoms with van der Waals surface area (Å²) in [5.74, 6) is 0.0998. The second kappa shape index (κ2) is 6.19. The topological polar surface area (TPSA) is 66.5 Å². The van der Waals surface area contributed by atoms with E-state index in [1.54, 1.807) is 18.2 Å². The highest BCUT2D eigenvalue weighted by molar-refractivity contribution is 9.10. The number of phenolic OH excluding ortho intramolecular Hbond substituents is 1. The highest BCUT2D eigenvalue weighted by Gasteiger charge is 2.20. The van der Waals surface area contributed by atoms with Crippen LogP contribution in [0.5, 0.6) is 5.75 Å². The van der Waals surface area contributed by atoms with Crippen molar-refractivity contribution in [2.75, 3.05) is 0 Å². The maximum atomic E-state index is 10.2. The zero-order valence-corrected chi connectivity index (χ0v) is 11.9. The number of rotatable bonds is 4. The van der Waals surface area contributed by atoms with Crippen LogP contribution in [0, 0.1) is 0 Å². The van der Waals surface area contributed by atoms with Crippen molar-refractivity contribution in [3.05, 3.63) is 64.1 Å². The van der Waals surface area contributed by atoms with E-state index >= 15 is 0 Å². The molecule has 0 saturated heterocycles. The van der Waals surface area contributed by atoms with Gasteiger partial charge in [-0.15, -0.1) is 0 Å². The number of aromatic hydroxyl groups is 1. The second-order valence-electron chi connectivity index (χ2n) is 4.49. The van der Waals surface area contributed by atoms with Crippen molar-refractivity contribution in [1.82, 2.24) is 0 Å². The molecular formula is C15H16BrNO2. The Bertz CT molecular complexity index is 545. The van der Waals surface area contributed by atoms with Crippen LogP contribution < -0.4 is 5.73 Å². The lowest BCUT2D eigenvalue weighted by Crippen LogP contribution is -2.28. The summed E-state index contributed by atoms with van der Waals surface area (Å²) in [6, 6.07) is 14.0. The van der Waals surface area contributed by atoms with Crippen molar-refractivity contribution in [2.45, 2.75) is 18.6 Å². The van der Waals surface area contributed by atoms with Gasteiger partial charge in [-0.25, -0.2) is 0 Å². The van der Waals surface area contributed by atoms with Gasteiger partial charge in [0, 0.05) is 16.5 Å². The molecule has 2 atom stereocenters. The molecule has 4 heteroatoms. The summed E-state index contributed by atoms with van der Waals surface area (Å²) in [5, 5.41) is 20.0. The minimum atomic E-state index is -0.748. The van der Waals surface area contributed by atoms with Crippen molar-refractivity contribution in [3.8, 4) is 5.75 Å². The molecule has 0 aliphatic carbocycles. The van der Waals surface area contributed by atoms with E-state index in [0.717, 1.165) is 10.0 Å². The number of halogens is 1. The maximum absolute atomic E-state index is 10.2. The molecule has 2 aromatic carbocycles. The lowest BCUT2D eigenvalue weighted by Gasteiger charge is -2.20. The van der Waals surface area contributed by atoms with Crippen LogP contribution in [0.1, 0.15) is 17.2 Å². The van der Waals surface area contributed by atoms with Gasteiger partial charge in [0.05, 0.1) is 12.1 Å². The van der Waals surface area contributed by atoms with Crippen LogP contribution in [0.4, 0.5) is 0 Å². The van der Waals surface area contributed by atoms with Crippen molar-refractivity contribution in [1.29, 1.82) is 0 Å². The van der Waals surface area contributed by atoms with Crippen molar-refractivity contribution >= 4 is 15.9 Å². The van der Waals surface area contributed by atoms with Crippen molar-refractivity contribution in [3.63, 3.8) is 0 Å². The number of nitrogens with two attached hydrogens (primary N) is 1. The molecule has 0 spiro atoms. The van der Waals surface area contributed by atoms with Gasteiger partial charge in [-0.1, -0.05) is 46.3 Å². The first-order valence-electron chi connectivity index (χ1n) is 6.04. The first-order valence-corrected chi connectivity index (χ1v) is 6.83. The van der Waals surface area contributed by atoms with Gasteiger partial charge in [0.1, 0.15) is 5.75 Å². The molecule has 0 bridgehead atoms. The fourth-order valence-corrected chi connectivity index (χ4v) is 2.36. The summed E-state index contributed by atoms with van der Waals surface area (Å²) in [6.45, 7) is 0. The Balaban J connectivity index is 2.14. The van der Waals surface area contributed by atoms with E-state index in [2.05, 4.69) is 15.9 Å². The molecule has 0 aliphatic rings. The molecule has 2 rings (SSSR count). The molecule has 0 aromatic heterocycles. The molecule has 0 unspecified atom stereocenters. The van der Waals surface area contributed by atoms with Crippen LogP contribution in [0.2, 0.25) is 0 Å². The van der Waals surface area contributed by atoms with Crippen LogP contribution >= 0.6 is 15.9 Å². The molecule has 0 fully saturated rings. The number of aliphatic hydroxyl groups excluding tert-OH is 1. The van der Waals surface area contributed by atoms with Crippen LogP contribution in [0.15, 0.2) is 53.0 Å². The predicted octanol–water partition coefficient (Wildman–Crippen LogP) is 2.76. The summed E-state index contributed by atoms with van der Waals surface area (Å²) >= 11 is 3.33. The van der Waals surface area contributed by atoms with Gasteiger partial charge in [0.15, 0.2) is 0 Å². The normalized spacial score (nSPS) is 14.1. The first-order chi connectivity index (χ1) is 9.08. The molecule has 0 saturated carbocycles. The maximum Gasteiger partial charge on any atom is 0.120 e. The zero-order chi connectivity index (χ0) is 13.8. The van der Waals surface area contributed by atoms with E-state index < -0.39 is 12.1 Å². The molecule has 0 heterocycles. The fourth-order valence-electron chi connectivity index (χ4n) is 1.98. The quantitative estimate of drug-likeness (QED) is 0.811. The average Bonchev–Trinajstić information content (AvgIpc) is 2.42. The minimum absolute atomic E-state index is 0.0998. The Morgan fingerprint density at radius 2 is 1.79 bits per heavy atom. The van der Waals surface area contributed by atoms with Gasteiger partial charge >= 0.3 is 0 Å². The molecule has 0 aliphatic heterocycles. The molecule has 2 aromatic rings. The van der Waals surface area contributed by atoms with Gasteiger partial charge in [-0.05, 0) is 23.8 Å². The number of aliphatic hydroxyl groups is 1. The van der Waals surface area contributed by atoms with Gasteiger partial charge < -0.3 is 15.9 Å². The number of phenols is 1. The molecule has 0 radical (unpaired) electrons. The first kappa shape index (κ1) is 14.1. The van der Waals surface area contributed by atoms with Crippen molar-refractivity contribution in [2.24, 2.45) is 5.73 Å². The van der Waals surface area contributed by atoms with E-state index in [4.69, 9.17) is 5.73 Å². The molecule has 4 N–H and O–H groups in total. The van der Waals surface area contributed by atoms with Crippen LogP contribution in [0.3, 0.4) is 0 Å². The Labute approximate surface area is 120 Å². The highest BCUT2D eigenvalue weighted by atomic mass is 79.9. The van der Waals surface area contributed by atoms with E-state index in [0.29, 0.717) is 12.0 Å². The van der Waals surface area contributed by atoms with E-state index in [1.165, 1.54) is 0 Å². The third-order valence-electron chi connectivity index (χ3n) is 3.05. The van der Waals surface area contributed by atoms with Crippen molar-refractivity contribution < 1.29 is 10.2 Å². The Kier molecular flexibility index (Phi) is 4.58. The van der Waals surface area contributed by atoms with Crippen LogP contribution in [0.25, 0.3) is 0 Å². The lowest BCUT2D eigenvalue weighted by molar-refractivity contribution is 0.143. The largest absolute Gasteiger partial charge is 0.508 e. The lowest BCUT2D eigenvalue weighted by atomic mass is 9.96. The summed E-state index contributed by atoms with van der Waals surface area (Å²) in [7, 11) is 0. The molecule has 100 valence electrons. The number of benzene rings is 2. The summed E-state index contributed by atoms with van der Waals surface area (Å²) in [4.78, 5) is 0. The number of hydrogen-bond acceptors (Lipinski definition) is 3. The highest BCUT2D eigenvalue weighted by Crippen LogP contribution is 2.29. The van der Waals surface area contributed by atoms with Gasteiger partial charge in [0.25, 0.3) is 0 Å². The Morgan fingerprint density at radius 1 is 1.11 bits per heavy atom. The molecule has 0 amide bonds. The van der Waals surface area contributed by atoms with E-state index in [1.807, 2.05) is 30.3 Å². The van der Waals surface area contributed by atoms with E-state index in [9.17, 15) is 10.2 Å². The second-order valence-corrected chi connectivity index (χ2v) is 5.40. The summed E-state index contributed by atoms with van der Waals surface area (Å²) < 4.78 is 0.822. The van der Waals surface area contributed by atoms with Crippen LogP contribution in [-0.4, -0.2) is 16.3 Å². The predicted molar refractivity (Wildman–Crippen MR) is 78.9 cm³/mol. The average molecular weight is 322 g/mol. The minimum Gasteiger partial charge on any atom is -0.508 e. The fraction of sp³-hybridized carbons (Fsp3) is 0.200. The third-order valence-corrected chi connectivity index (χ3v) is 3.54. The monoisotopic (exact) mass is 321 g/mol. The molecule has 19 heavy (non-hydrogen) atoms. The molecular weight excluding hydrogens is 306 g/mol. The van der Waals surface area contributed by atoms with Gasteiger partial charge in [-0.2, -0.15) is 0 Å². The standard InChI is InChI=1S/C15H16BrNO2/c16-11-6-7-13(18)12(9-11)15(17)14(19)8-10-4-2-1-3-5-10/h1-7,9,14-15,18-19H,8,17H2/t14-,15+/m1/s1. The smallest absolute Gasteiger partial charge is 0.120 e. The van der Waals surface area contributed by atoms with Crippen LogP contribution in [-0.2, 0) is 6.42 Å². The van der Waals surface area contributed by atoms with Gasteiger partial charge in [0.2, 0.25) is 0 Å². The Morgan fingerprint density at radius 3 is 2.47 bits per heavy atom. The van der Waals surface area contributed by atoms with E-state index in [-0.39, 0.29) is 5.75 Å². The van der Waals surface area contributed by atoms with Gasteiger partial charge in [-0.3, -0.25) is 0 Å². The zero-order valence-electron chi connectivity index (χ0n) is 10.3. The Hall–Kier alpha value is -1.36. The summed E-state index contributed by atoms with van der Waals surface area (Å²) in [5.41, 5.74) is 7.58.